The summed E-state index contributed by atoms with van der Waals surface area (Å²) in [5.41, 5.74) is 1.22. The highest BCUT2D eigenvalue weighted by Gasteiger charge is 2.14. The molecule has 3 heteroatoms. The first-order valence-corrected chi connectivity index (χ1v) is 5.59. The second kappa shape index (κ2) is 6.28. The Morgan fingerprint density at radius 2 is 1.88 bits per heavy atom. The van der Waals surface area contributed by atoms with E-state index in [9.17, 15) is 4.79 Å². The minimum absolute atomic E-state index is 0.355. The van der Waals surface area contributed by atoms with Gasteiger partial charge in [0.2, 0.25) is 0 Å². The molecule has 0 spiro atoms. The average Bonchev–Trinajstić information content (AvgIpc) is 2.30. The van der Waals surface area contributed by atoms with Crippen LogP contribution in [0.1, 0.15) is 26.3 Å². The van der Waals surface area contributed by atoms with Gasteiger partial charge in [0, 0.05) is 6.61 Å². The Bertz CT molecular complexity index is 330. The zero-order valence-corrected chi connectivity index (χ0v) is 10.0. The molecule has 0 amide bonds. The lowest BCUT2D eigenvalue weighted by Crippen LogP contribution is -2.25. The maximum absolute atomic E-state index is 11.5. The molecule has 0 radical (unpaired) electrons. The molecule has 0 aliphatic heterocycles. The number of esters is 1. The van der Waals surface area contributed by atoms with Gasteiger partial charge in [-0.25, -0.2) is 4.79 Å². The van der Waals surface area contributed by atoms with E-state index < -0.39 is 6.10 Å². The van der Waals surface area contributed by atoms with Gasteiger partial charge in [0.25, 0.3) is 0 Å². The normalized spacial score (nSPS) is 12.2. The van der Waals surface area contributed by atoms with Gasteiger partial charge in [0.1, 0.15) is 5.75 Å². The molecule has 1 rings (SSSR count). The highest BCUT2D eigenvalue weighted by Crippen LogP contribution is 2.13. The number of aryl methyl sites for hydroxylation is 1. The number of hydrogen-bond acceptors (Lipinski definition) is 3. The van der Waals surface area contributed by atoms with E-state index in [-0.39, 0.29) is 5.97 Å². The minimum Gasteiger partial charge on any atom is -0.425 e. The van der Waals surface area contributed by atoms with Gasteiger partial charge in [0.05, 0.1) is 0 Å². The minimum atomic E-state index is -0.518. The SMILES string of the molecule is CCOC(C)C(=O)Oc1ccc(CC)cc1. The third-order valence-corrected chi connectivity index (χ3v) is 2.30. The van der Waals surface area contributed by atoms with Crippen molar-refractivity contribution < 1.29 is 14.3 Å². The van der Waals surface area contributed by atoms with Crippen LogP contribution in [0.5, 0.6) is 5.75 Å². The first kappa shape index (κ1) is 12.7. The molecule has 0 aromatic heterocycles. The van der Waals surface area contributed by atoms with Crippen molar-refractivity contribution in [1.29, 1.82) is 0 Å². The van der Waals surface area contributed by atoms with Crippen LogP contribution in [-0.2, 0) is 16.0 Å². The van der Waals surface area contributed by atoms with E-state index in [1.165, 1.54) is 5.56 Å². The molecule has 88 valence electrons. The summed E-state index contributed by atoms with van der Waals surface area (Å²) >= 11 is 0. The molecule has 0 saturated heterocycles. The van der Waals surface area contributed by atoms with E-state index >= 15 is 0 Å². The lowest BCUT2D eigenvalue weighted by Gasteiger charge is -2.11. The van der Waals surface area contributed by atoms with Gasteiger partial charge in [-0.3, -0.25) is 0 Å². The number of rotatable bonds is 5. The van der Waals surface area contributed by atoms with Crippen molar-refractivity contribution in [3.05, 3.63) is 29.8 Å². The predicted octanol–water partition coefficient (Wildman–Crippen LogP) is 2.58. The van der Waals surface area contributed by atoms with Crippen LogP contribution >= 0.6 is 0 Å². The third kappa shape index (κ3) is 3.66. The lowest BCUT2D eigenvalue weighted by atomic mass is 10.2. The monoisotopic (exact) mass is 222 g/mol. The van der Waals surface area contributed by atoms with Crippen LogP contribution in [-0.4, -0.2) is 18.7 Å². The van der Waals surface area contributed by atoms with Gasteiger partial charge in [0.15, 0.2) is 6.10 Å². The molecule has 3 nitrogen and oxygen atoms in total. The third-order valence-electron chi connectivity index (χ3n) is 2.30. The summed E-state index contributed by atoms with van der Waals surface area (Å²) in [7, 11) is 0. The first-order chi connectivity index (χ1) is 7.67. The summed E-state index contributed by atoms with van der Waals surface area (Å²) in [6.07, 6.45) is 0.458. The summed E-state index contributed by atoms with van der Waals surface area (Å²) in [5, 5.41) is 0. The Balaban J connectivity index is 2.55. The molecule has 0 bridgehead atoms. The van der Waals surface area contributed by atoms with Crippen LogP contribution in [0.25, 0.3) is 0 Å². The highest BCUT2D eigenvalue weighted by atomic mass is 16.6. The second-order valence-corrected chi connectivity index (χ2v) is 3.52. The fraction of sp³-hybridized carbons (Fsp3) is 0.462. The molecule has 0 N–H and O–H groups in total. The maximum Gasteiger partial charge on any atom is 0.340 e. The van der Waals surface area contributed by atoms with Crippen LogP contribution < -0.4 is 4.74 Å². The van der Waals surface area contributed by atoms with Crippen molar-refractivity contribution in [1.82, 2.24) is 0 Å². The molecular weight excluding hydrogens is 204 g/mol. The van der Waals surface area contributed by atoms with Gasteiger partial charge in [-0.2, -0.15) is 0 Å². The molecule has 16 heavy (non-hydrogen) atoms. The van der Waals surface area contributed by atoms with E-state index in [1.54, 1.807) is 19.1 Å². The van der Waals surface area contributed by atoms with Crippen molar-refractivity contribution in [3.63, 3.8) is 0 Å². The van der Waals surface area contributed by atoms with Crippen molar-refractivity contribution in [2.24, 2.45) is 0 Å². The fourth-order valence-electron chi connectivity index (χ4n) is 1.31. The molecule has 0 heterocycles. The largest absolute Gasteiger partial charge is 0.425 e. The van der Waals surface area contributed by atoms with Crippen LogP contribution in [0.2, 0.25) is 0 Å². The molecule has 1 atom stereocenters. The van der Waals surface area contributed by atoms with Crippen molar-refractivity contribution in [3.8, 4) is 5.75 Å². The maximum atomic E-state index is 11.5. The zero-order chi connectivity index (χ0) is 12.0. The smallest absolute Gasteiger partial charge is 0.340 e. The van der Waals surface area contributed by atoms with Gasteiger partial charge in [-0.1, -0.05) is 19.1 Å². The summed E-state index contributed by atoms with van der Waals surface area (Å²) in [6, 6.07) is 7.51. The van der Waals surface area contributed by atoms with Crippen molar-refractivity contribution in [2.45, 2.75) is 33.3 Å². The number of carbonyl (C=O) groups is 1. The van der Waals surface area contributed by atoms with E-state index in [0.717, 1.165) is 6.42 Å². The molecule has 0 saturated carbocycles. The first-order valence-electron chi connectivity index (χ1n) is 5.59. The van der Waals surface area contributed by atoms with Crippen LogP contribution in [0, 0.1) is 0 Å². The summed E-state index contributed by atoms with van der Waals surface area (Å²) in [4.78, 5) is 11.5. The molecular formula is C13H18O3. The quantitative estimate of drug-likeness (QED) is 0.567. The number of hydrogen-bond donors (Lipinski definition) is 0. The summed E-state index contributed by atoms with van der Waals surface area (Å²) in [6.45, 7) is 6.12. The fourth-order valence-corrected chi connectivity index (χ4v) is 1.31. The molecule has 0 aliphatic carbocycles. The van der Waals surface area contributed by atoms with Gasteiger partial charge in [-0.15, -0.1) is 0 Å². The van der Waals surface area contributed by atoms with E-state index in [4.69, 9.17) is 9.47 Å². The highest BCUT2D eigenvalue weighted by molar-refractivity contribution is 5.76. The predicted molar refractivity (Wildman–Crippen MR) is 62.5 cm³/mol. The molecule has 1 unspecified atom stereocenters. The Morgan fingerprint density at radius 3 is 2.38 bits per heavy atom. The summed E-state index contributed by atoms with van der Waals surface area (Å²) in [5.74, 6) is 0.208. The Hall–Kier alpha value is -1.35. The van der Waals surface area contributed by atoms with Crippen LogP contribution in [0.4, 0.5) is 0 Å². The van der Waals surface area contributed by atoms with Gasteiger partial charge in [-0.05, 0) is 38.0 Å². The van der Waals surface area contributed by atoms with E-state index in [0.29, 0.717) is 12.4 Å². The lowest BCUT2D eigenvalue weighted by molar-refractivity contribution is -0.145. The summed E-state index contributed by atoms with van der Waals surface area (Å²) < 4.78 is 10.3. The van der Waals surface area contributed by atoms with Crippen LogP contribution in [0.3, 0.4) is 0 Å². The molecule has 1 aromatic rings. The number of carbonyl (C=O) groups excluding carboxylic acids is 1. The molecule has 1 aromatic carbocycles. The second-order valence-electron chi connectivity index (χ2n) is 3.52. The number of ether oxygens (including phenoxy) is 2. The van der Waals surface area contributed by atoms with Gasteiger partial charge < -0.3 is 9.47 Å². The Labute approximate surface area is 96.4 Å². The van der Waals surface area contributed by atoms with E-state index in [2.05, 4.69) is 6.92 Å². The topological polar surface area (TPSA) is 35.5 Å². The van der Waals surface area contributed by atoms with Crippen LogP contribution in [0.15, 0.2) is 24.3 Å². The van der Waals surface area contributed by atoms with E-state index in [1.807, 2.05) is 19.1 Å². The molecule has 0 fully saturated rings. The standard InChI is InChI=1S/C13H18O3/c1-4-11-6-8-12(9-7-11)16-13(14)10(3)15-5-2/h6-10H,4-5H2,1-3H3. The van der Waals surface area contributed by atoms with Crippen molar-refractivity contribution >= 4 is 5.97 Å². The number of benzene rings is 1. The average molecular weight is 222 g/mol. The Kier molecular flexibility index (Phi) is 4.99. The van der Waals surface area contributed by atoms with Gasteiger partial charge >= 0.3 is 5.97 Å². The van der Waals surface area contributed by atoms with Crippen molar-refractivity contribution in [2.75, 3.05) is 6.61 Å². The Morgan fingerprint density at radius 1 is 1.25 bits per heavy atom. The molecule has 0 aliphatic rings. The zero-order valence-electron chi connectivity index (χ0n) is 10.0.